The van der Waals surface area contributed by atoms with Crippen molar-refractivity contribution in [1.29, 1.82) is 0 Å². The molecule has 0 aliphatic heterocycles. The SMILES string of the molecule is S=c1[nH]nc(-c2cc(-c3ccccc3)n[nH]2)n1/N=C/c1ccc(Br)cc1. The van der Waals surface area contributed by atoms with Crippen molar-refractivity contribution in [3.8, 4) is 22.8 Å². The van der Waals surface area contributed by atoms with Gasteiger partial charge in [-0.1, -0.05) is 58.4 Å². The highest BCUT2D eigenvalue weighted by molar-refractivity contribution is 9.10. The molecule has 2 aromatic carbocycles. The smallest absolute Gasteiger partial charge is 0.216 e. The fourth-order valence-corrected chi connectivity index (χ4v) is 2.88. The van der Waals surface area contributed by atoms with Crippen molar-refractivity contribution in [2.45, 2.75) is 0 Å². The Morgan fingerprint density at radius 3 is 2.54 bits per heavy atom. The molecule has 0 amide bonds. The first kappa shape index (κ1) is 16.6. The minimum atomic E-state index is 0.407. The average Bonchev–Trinajstić information content (AvgIpc) is 3.29. The van der Waals surface area contributed by atoms with Gasteiger partial charge < -0.3 is 0 Å². The molecule has 0 saturated heterocycles. The lowest BCUT2D eigenvalue weighted by Gasteiger charge is -1.98. The van der Waals surface area contributed by atoms with E-state index in [1.54, 1.807) is 10.9 Å². The summed E-state index contributed by atoms with van der Waals surface area (Å²) in [6.07, 6.45) is 1.73. The highest BCUT2D eigenvalue weighted by Gasteiger charge is 2.12. The zero-order valence-electron chi connectivity index (χ0n) is 13.4. The van der Waals surface area contributed by atoms with E-state index in [9.17, 15) is 0 Å². The first-order chi connectivity index (χ1) is 12.7. The van der Waals surface area contributed by atoms with Gasteiger partial charge in [-0.05, 0) is 36.0 Å². The van der Waals surface area contributed by atoms with Crippen molar-refractivity contribution >= 4 is 34.4 Å². The average molecular weight is 425 g/mol. The summed E-state index contributed by atoms with van der Waals surface area (Å²) in [5, 5.41) is 18.9. The molecular weight excluding hydrogens is 412 g/mol. The summed E-state index contributed by atoms with van der Waals surface area (Å²) in [6, 6.07) is 19.7. The normalized spacial score (nSPS) is 11.3. The van der Waals surface area contributed by atoms with E-state index < -0.39 is 0 Å². The largest absolute Gasteiger partial charge is 0.274 e. The van der Waals surface area contributed by atoms with Gasteiger partial charge in [0.05, 0.1) is 11.9 Å². The number of nitrogens with zero attached hydrogens (tertiary/aromatic N) is 4. The number of aromatic nitrogens is 5. The molecular formula is C18H13BrN6S. The van der Waals surface area contributed by atoms with Crippen molar-refractivity contribution in [2.24, 2.45) is 5.10 Å². The third kappa shape index (κ3) is 3.42. The molecule has 0 saturated carbocycles. The predicted octanol–water partition coefficient (Wildman–Crippen LogP) is 4.64. The molecule has 2 aromatic heterocycles. The first-order valence-electron chi connectivity index (χ1n) is 7.79. The second-order valence-electron chi connectivity index (χ2n) is 5.49. The Labute approximate surface area is 162 Å². The lowest BCUT2D eigenvalue weighted by atomic mass is 10.1. The second kappa shape index (κ2) is 7.19. The number of benzene rings is 2. The topological polar surface area (TPSA) is 74.7 Å². The van der Waals surface area contributed by atoms with Gasteiger partial charge in [0.2, 0.25) is 10.6 Å². The van der Waals surface area contributed by atoms with Gasteiger partial charge in [0.1, 0.15) is 5.69 Å². The van der Waals surface area contributed by atoms with E-state index in [2.05, 4.69) is 41.4 Å². The number of H-pyrrole nitrogens is 2. The Morgan fingerprint density at radius 1 is 1.00 bits per heavy atom. The lowest BCUT2D eigenvalue weighted by molar-refractivity contribution is 0.865. The van der Waals surface area contributed by atoms with E-state index in [0.717, 1.165) is 27.0 Å². The van der Waals surface area contributed by atoms with E-state index in [1.807, 2.05) is 60.7 Å². The monoisotopic (exact) mass is 424 g/mol. The quantitative estimate of drug-likeness (QED) is 0.370. The first-order valence-corrected chi connectivity index (χ1v) is 8.99. The third-order valence-electron chi connectivity index (χ3n) is 3.73. The summed E-state index contributed by atoms with van der Waals surface area (Å²) in [6.45, 7) is 0. The number of aromatic amines is 2. The molecule has 26 heavy (non-hydrogen) atoms. The molecule has 0 aliphatic rings. The van der Waals surface area contributed by atoms with E-state index in [4.69, 9.17) is 12.2 Å². The van der Waals surface area contributed by atoms with Crippen LogP contribution in [0.3, 0.4) is 0 Å². The van der Waals surface area contributed by atoms with Gasteiger partial charge in [-0.3, -0.25) is 5.10 Å². The molecule has 0 aliphatic carbocycles. The van der Waals surface area contributed by atoms with Crippen molar-refractivity contribution < 1.29 is 0 Å². The van der Waals surface area contributed by atoms with Crippen molar-refractivity contribution in [3.63, 3.8) is 0 Å². The van der Waals surface area contributed by atoms with Crippen LogP contribution < -0.4 is 0 Å². The molecule has 4 rings (SSSR count). The minimum absolute atomic E-state index is 0.407. The molecule has 6 nitrogen and oxygen atoms in total. The van der Waals surface area contributed by atoms with Crippen molar-refractivity contribution in [1.82, 2.24) is 25.1 Å². The van der Waals surface area contributed by atoms with Crippen LogP contribution in [0.1, 0.15) is 5.56 Å². The van der Waals surface area contributed by atoms with Crippen molar-refractivity contribution in [3.05, 3.63) is 75.5 Å². The Bertz CT molecular complexity index is 1110. The van der Waals surface area contributed by atoms with Gasteiger partial charge in [-0.25, -0.2) is 5.10 Å². The van der Waals surface area contributed by atoms with Crippen molar-refractivity contribution in [2.75, 3.05) is 0 Å². The predicted molar refractivity (Wildman–Crippen MR) is 108 cm³/mol. The minimum Gasteiger partial charge on any atom is -0.274 e. The molecule has 4 aromatic rings. The molecule has 8 heteroatoms. The lowest BCUT2D eigenvalue weighted by Crippen LogP contribution is -1.95. The summed E-state index contributed by atoms with van der Waals surface area (Å²) in [4.78, 5) is 0. The molecule has 0 spiro atoms. The maximum absolute atomic E-state index is 5.30. The standard InChI is InChI=1S/C18H13BrN6S/c19-14-8-6-12(7-9-14)11-20-25-17(23-24-18(25)26)16-10-15(21-22-16)13-4-2-1-3-5-13/h1-11H,(H,21,22)(H,24,26)/b20-11+. The maximum atomic E-state index is 5.30. The Kier molecular flexibility index (Phi) is 4.59. The van der Waals surface area contributed by atoms with Gasteiger partial charge in [0.15, 0.2) is 0 Å². The van der Waals surface area contributed by atoms with Gasteiger partial charge in [0.25, 0.3) is 0 Å². The summed E-state index contributed by atoms with van der Waals surface area (Å²) in [5.41, 5.74) is 3.54. The summed E-state index contributed by atoms with van der Waals surface area (Å²) < 4.78 is 2.99. The highest BCUT2D eigenvalue weighted by Crippen LogP contribution is 2.22. The van der Waals surface area contributed by atoms with Crippen LogP contribution in [0.25, 0.3) is 22.8 Å². The number of nitrogens with one attached hydrogen (secondary N) is 2. The Balaban J connectivity index is 1.68. The third-order valence-corrected chi connectivity index (χ3v) is 4.52. The van der Waals surface area contributed by atoms with Crippen LogP contribution in [0.2, 0.25) is 0 Å². The molecule has 0 fully saturated rings. The van der Waals surface area contributed by atoms with Crippen LogP contribution in [0.15, 0.2) is 70.2 Å². The van der Waals surface area contributed by atoms with Crippen LogP contribution in [-0.4, -0.2) is 31.3 Å². The van der Waals surface area contributed by atoms with E-state index >= 15 is 0 Å². The van der Waals surface area contributed by atoms with Crippen LogP contribution in [-0.2, 0) is 0 Å². The highest BCUT2D eigenvalue weighted by atomic mass is 79.9. The van der Waals surface area contributed by atoms with E-state index in [1.165, 1.54) is 0 Å². The molecule has 128 valence electrons. The molecule has 2 N–H and O–H groups in total. The maximum Gasteiger partial charge on any atom is 0.216 e. The number of hydrogen-bond donors (Lipinski definition) is 2. The van der Waals surface area contributed by atoms with Gasteiger partial charge in [-0.2, -0.15) is 20.0 Å². The van der Waals surface area contributed by atoms with E-state index in [0.29, 0.717) is 10.6 Å². The zero-order valence-corrected chi connectivity index (χ0v) is 15.8. The number of halogens is 1. The van der Waals surface area contributed by atoms with Crippen LogP contribution in [0.5, 0.6) is 0 Å². The van der Waals surface area contributed by atoms with E-state index in [-0.39, 0.29) is 0 Å². The number of rotatable bonds is 4. The summed E-state index contributed by atoms with van der Waals surface area (Å²) in [5.74, 6) is 0.568. The second-order valence-corrected chi connectivity index (χ2v) is 6.80. The zero-order chi connectivity index (χ0) is 17.9. The van der Waals surface area contributed by atoms with Crippen LogP contribution in [0, 0.1) is 4.77 Å². The van der Waals surface area contributed by atoms with Gasteiger partial charge in [0, 0.05) is 10.0 Å². The fraction of sp³-hybridized carbons (Fsp3) is 0. The Hall–Kier alpha value is -2.84. The van der Waals surface area contributed by atoms with Gasteiger partial charge >= 0.3 is 0 Å². The Morgan fingerprint density at radius 2 is 1.77 bits per heavy atom. The molecule has 0 unspecified atom stereocenters. The molecule has 2 heterocycles. The van der Waals surface area contributed by atoms with Crippen LogP contribution >= 0.6 is 28.1 Å². The van der Waals surface area contributed by atoms with Gasteiger partial charge in [-0.15, -0.1) is 0 Å². The summed E-state index contributed by atoms with van der Waals surface area (Å²) >= 11 is 8.72. The summed E-state index contributed by atoms with van der Waals surface area (Å²) in [7, 11) is 0. The molecule has 0 radical (unpaired) electrons. The fourth-order valence-electron chi connectivity index (χ4n) is 2.44. The number of hydrogen-bond acceptors (Lipinski definition) is 4. The van der Waals surface area contributed by atoms with Crippen LogP contribution in [0.4, 0.5) is 0 Å². The molecule has 0 atom stereocenters. The molecule has 0 bridgehead atoms.